The van der Waals surface area contributed by atoms with Crippen molar-refractivity contribution in [2.75, 3.05) is 37.1 Å². The van der Waals surface area contributed by atoms with E-state index >= 15 is 0 Å². The minimum absolute atomic E-state index is 0.0241. The Morgan fingerprint density at radius 2 is 1.95 bits per heavy atom. The van der Waals surface area contributed by atoms with Crippen molar-refractivity contribution in [3.63, 3.8) is 0 Å². The molecule has 0 spiro atoms. The number of anilines is 2. The first kappa shape index (κ1) is 15.4. The van der Waals surface area contributed by atoms with E-state index in [1.807, 2.05) is 24.3 Å². The smallest absolute Gasteiger partial charge is 0.239 e. The molecular weight excluding hydrogens is 292 g/mol. The monoisotopic (exact) mass is 310 g/mol. The van der Waals surface area contributed by atoms with Gasteiger partial charge in [0.15, 0.2) is 0 Å². The Hall–Kier alpha value is -1.97. The molecule has 0 saturated heterocycles. The molecule has 9 heteroatoms. The van der Waals surface area contributed by atoms with Crippen LogP contribution in [-0.2, 0) is 10.0 Å². The highest BCUT2D eigenvalue weighted by atomic mass is 32.2. The number of nitrogens with zero attached hydrogens (tertiary/aromatic N) is 3. The molecule has 0 unspecified atom stereocenters. The Bertz CT molecular complexity index is 732. The summed E-state index contributed by atoms with van der Waals surface area (Å²) in [6.07, 6.45) is 0. The van der Waals surface area contributed by atoms with E-state index in [0.29, 0.717) is 5.82 Å². The van der Waals surface area contributed by atoms with Crippen LogP contribution in [0.3, 0.4) is 0 Å². The lowest BCUT2D eigenvalue weighted by molar-refractivity contribution is 0.521. The van der Waals surface area contributed by atoms with E-state index in [0.717, 1.165) is 10.9 Å². The third-order valence-electron chi connectivity index (χ3n) is 2.94. The number of sulfonamides is 1. The fraction of sp³-hybridized carbons (Fsp3) is 0.333. The van der Waals surface area contributed by atoms with Gasteiger partial charge >= 0.3 is 0 Å². The zero-order valence-electron chi connectivity index (χ0n) is 11.9. The van der Waals surface area contributed by atoms with Crippen molar-refractivity contribution >= 4 is 32.7 Å². The molecule has 1 aromatic carbocycles. The fourth-order valence-corrected chi connectivity index (χ4v) is 2.48. The number of nitrogens with one attached hydrogen (secondary N) is 2. The van der Waals surface area contributed by atoms with E-state index < -0.39 is 10.0 Å². The highest BCUT2D eigenvalue weighted by Gasteiger charge is 2.13. The number of hydrazine groups is 1. The Labute approximate surface area is 123 Å². The van der Waals surface area contributed by atoms with Crippen molar-refractivity contribution in [1.29, 1.82) is 0 Å². The van der Waals surface area contributed by atoms with Crippen molar-refractivity contribution in [2.45, 2.75) is 0 Å². The minimum atomic E-state index is -3.25. The molecular formula is C12H18N6O2S. The number of fused-ring (bicyclic) bond motifs is 1. The number of rotatable bonds is 6. The lowest BCUT2D eigenvalue weighted by atomic mass is 10.2. The molecule has 0 amide bonds. The van der Waals surface area contributed by atoms with Gasteiger partial charge in [-0.3, -0.25) is 5.43 Å². The molecule has 2 rings (SSSR count). The van der Waals surface area contributed by atoms with E-state index in [1.165, 1.54) is 18.4 Å². The predicted molar refractivity (Wildman–Crippen MR) is 83.3 cm³/mol. The topological polar surface area (TPSA) is 113 Å². The van der Waals surface area contributed by atoms with Crippen LogP contribution in [0.4, 0.5) is 11.8 Å². The maximum Gasteiger partial charge on any atom is 0.239 e. The molecule has 4 N–H and O–H groups in total. The maximum atomic E-state index is 11.7. The van der Waals surface area contributed by atoms with Crippen LogP contribution in [0.5, 0.6) is 0 Å². The summed E-state index contributed by atoms with van der Waals surface area (Å²) in [6.45, 7) is 0.242. The molecule has 0 fully saturated rings. The Morgan fingerprint density at radius 3 is 2.62 bits per heavy atom. The van der Waals surface area contributed by atoms with Crippen LogP contribution in [0.2, 0.25) is 0 Å². The van der Waals surface area contributed by atoms with Crippen LogP contribution in [0, 0.1) is 0 Å². The molecule has 8 nitrogen and oxygen atoms in total. The average Bonchev–Trinajstić information content (AvgIpc) is 2.46. The molecule has 0 radical (unpaired) electrons. The van der Waals surface area contributed by atoms with Gasteiger partial charge in [0.1, 0.15) is 5.82 Å². The third kappa shape index (κ3) is 3.57. The second-order valence-corrected chi connectivity index (χ2v) is 6.88. The van der Waals surface area contributed by atoms with E-state index in [-0.39, 0.29) is 18.2 Å². The first-order valence-electron chi connectivity index (χ1n) is 6.31. The summed E-state index contributed by atoms with van der Waals surface area (Å²) in [4.78, 5) is 8.44. The van der Waals surface area contributed by atoms with E-state index in [1.54, 1.807) is 0 Å². The number of nitrogens with two attached hydrogens (primary N) is 1. The van der Waals surface area contributed by atoms with Gasteiger partial charge in [-0.1, -0.05) is 12.1 Å². The van der Waals surface area contributed by atoms with Crippen molar-refractivity contribution in [2.24, 2.45) is 5.84 Å². The van der Waals surface area contributed by atoms with E-state index in [9.17, 15) is 8.42 Å². The number of para-hydroxylation sites is 1. The fourth-order valence-electron chi connectivity index (χ4n) is 1.76. The summed E-state index contributed by atoms with van der Waals surface area (Å²) in [7, 11) is -0.239. The SMILES string of the molecule is CN(C)S(=O)(=O)CCNc1nc(NN)nc2ccccc12. The molecule has 0 aliphatic heterocycles. The van der Waals surface area contributed by atoms with Crippen LogP contribution in [0.15, 0.2) is 24.3 Å². The second kappa shape index (κ2) is 6.20. The van der Waals surface area contributed by atoms with Gasteiger partial charge < -0.3 is 5.32 Å². The van der Waals surface area contributed by atoms with Crippen LogP contribution >= 0.6 is 0 Å². The van der Waals surface area contributed by atoms with E-state index in [4.69, 9.17) is 5.84 Å². The molecule has 114 valence electrons. The van der Waals surface area contributed by atoms with Gasteiger partial charge in [0.25, 0.3) is 0 Å². The first-order valence-corrected chi connectivity index (χ1v) is 7.92. The molecule has 0 bridgehead atoms. The minimum Gasteiger partial charge on any atom is -0.368 e. The standard InChI is InChI=1S/C12H18N6O2S/c1-18(2)21(19,20)8-7-14-11-9-5-3-4-6-10(9)15-12(16-11)17-13/h3-6H,7-8,13H2,1-2H3,(H2,14,15,16,17). The van der Waals surface area contributed by atoms with E-state index in [2.05, 4.69) is 20.7 Å². The zero-order valence-corrected chi connectivity index (χ0v) is 12.7. The maximum absolute atomic E-state index is 11.7. The molecule has 0 saturated carbocycles. The number of benzene rings is 1. The van der Waals surface area contributed by atoms with Crippen LogP contribution in [0.25, 0.3) is 10.9 Å². The van der Waals surface area contributed by atoms with Crippen molar-refractivity contribution in [1.82, 2.24) is 14.3 Å². The normalized spacial score (nSPS) is 11.8. The zero-order chi connectivity index (χ0) is 15.5. The number of hydrogen-bond acceptors (Lipinski definition) is 7. The van der Waals surface area contributed by atoms with Gasteiger partial charge in [-0.2, -0.15) is 4.98 Å². The van der Waals surface area contributed by atoms with Gasteiger partial charge in [-0.15, -0.1) is 0 Å². The number of nitrogen functional groups attached to an aromatic ring is 1. The molecule has 0 aliphatic rings. The molecule has 1 heterocycles. The molecule has 1 aromatic heterocycles. The quantitative estimate of drug-likeness (QED) is 0.516. The first-order chi connectivity index (χ1) is 9.94. The lowest BCUT2D eigenvalue weighted by Crippen LogP contribution is -2.28. The second-order valence-electron chi connectivity index (χ2n) is 4.58. The molecule has 0 aliphatic carbocycles. The summed E-state index contributed by atoms with van der Waals surface area (Å²) in [5.41, 5.74) is 3.12. The molecule has 2 aromatic rings. The highest BCUT2D eigenvalue weighted by Crippen LogP contribution is 2.21. The Balaban J connectivity index is 2.22. The predicted octanol–water partition coefficient (Wildman–Crippen LogP) is 0.219. The lowest BCUT2D eigenvalue weighted by Gasteiger charge is -2.13. The highest BCUT2D eigenvalue weighted by molar-refractivity contribution is 7.89. The van der Waals surface area contributed by atoms with Gasteiger partial charge in [-0.25, -0.2) is 23.5 Å². The van der Waals surface area contributed by atoms with Crippen LogP contribution in [-0.4, -0.2) is 49.1 Å². The molecule has 0 atom stereocenters. The summed E-state index contributed by atoms with van der Waals surface area (Å²) in [6, 6.07) is 7.41. The average molecular weight is 310 g/mol. The Morgan fingerprint density at radius 1 is 1.24 bits per heavy atom. The summed E-state index contributed by atoms with van der Waals surface area (Å²) >= 11 is 0. The number of aromatic nitrogens is 2. The van der Waals surface area contributed by atoms with Gasteiger partial charge in [0.2, 0.25) is 16.0 Å². The van der Waals surface area contributed by atoms with Gasteiger partial charge in [-0.05, 0) is 12.1 Å². The van der Waals surface area contributed by atoms with Gasteiger partial charge in [0.05, 0.1) is 11.3 Å². The largest absolute Gasteiger partial charge is 0.368 e. The number of hydrogen-bond donors (Lipinski definition) is 3. The van der Waals surface area contributed by atoms with Crippen LogP contribution in [0.1, 0.15) is 0 Å². The summed E-state index contributed by atoms with van der Waals surface area (Å²) in [5.74, 6) is 6.13. The summed E-state index contributed by atoms with van der Waals surface area (Å²) in [5, 5.41) is 3.83. The van der Waals surface area contributed by atoms with Crippen LogP contribution < -0.4 is 16.6 Å². The van der Waals surface area contributed by atoms with Crippen molar-refractivity contribution in [3.05, 3.63) is 24.3 Å². The van der Waals surface area contributed by atoms with Crippen molar-refractivity contribution in [3.8, 4) is 0 Å². The third-order valence-corrected chi connectivity index (χ3v) is 4.77. The Kier molecular flexibility index (Phi) is 4.56. The molecule has 21 heavy (non-hydrogen) atoms. The van der Waals surface area contributed by atoms with Gasteiger partial charge in [0, 0.05) is 26.0 Å². The summed E-state index contributed by atoms with van der Waals surface area (Å²) < 4.78 is 24.7. The van der Waals surface area contributed by atoms with Crippen molar-refractivity contribution < 1.29 is 8.42 Å².